The summed E-state index contributed by atoms with van der Waals surface area (Å²) in [5.41, 5.74) is 1.05. The van der Waals surface area contributed by atoms with Crippen molar-refractivity contribution in [2.75, 3.05) is 7.11 Å². The molecule has 1 aliphatic rings. The molecule has 0 unspecified atom stereocenters. The van der Waals surface area contributed by atoms with E-state index in [1.165, 1.54) is 0 Å². The minimum Gasteiger partial charge on any atom is -0.496 e. The molecule has 0 N–H and O–H groups in total. The highest BCUT2D eigenvalue weighted by Crippen LogP contribution is 2.23. The highest BCUT2D eigenvalue weighted by atomic mass is 16.5. The van der Waals surface area contributed by atoms with E-state index in [4.69, 9.17) is 4.74 Å². The second-order valence-electron chi connectivity index (χ2n) is 2.87. The van der Waals surface area contributed by atoms with Crippen LogP contribution in [0.15, 0.2) is 23.5 Å². The van der Waals surface area contributed by atoms with E-state index >= 15 is 0 Å². The normalized spacial score (nSPS) is 20.0. The lowest BCUT2D eigenvalue weighted by Gasteiger charge is -2.01. The monoisotopic (exact) mass is 166 g/mol. The Bertz CT molecular complexity index is 236. The number of ether oxygens (including phenoxy) is 1. The fourth-order valence-electron chi connectivity index (χ4n) is 1.25. The maximum atomic E-state index is 11.0. The van der Waals surface area contributed by atoms with Crippen molar-refractivity contribution in [3.63, 3.8) is 0 Å². The Morgan fingerprint density at radius 1 is 1.67 bits per heavy atom. The molecule has 2 heteroatoms. The molecule has 1 aliphatic carbocycles. The fourth-order valence-corrected chi connectivity index (χ4v) is 1.25. The molecule has 0 atom stereocenters. The Hall–Kier alpha value is -1.05. The molecule has 0 aromatic rings. The number of carbonyl (C=O) groups excluding carboxylic acids is 1. The molecule has 0 aromatic carbocycles. The van der Waals surface area contributed by atoms with Crippen LogP contribution in [0.1, 0.15) is 26.2 Å². The van der Waals surface area contributed by atoms with Crippen molar-refractivity contribution >= 4 is 5.78 Å². The average Bonchev–Trinajstić information content (AvgIpc) is 2.42. The van der Waals surface area contributed by atoms with Gasteiger partial charge >= 0.3 is 0 Å². The lowest BCUT2D eigenvalue weighted by Crippen LogP contribution is -1.87. The van der Waals surface area contributed by atoms with E-state index in [2.05, 4.69) is 13.0 Å². The Morgan fingerprint density at radius 3 is 3.00 bits per heavy atom. The van der Waals surface area contributed by atoms with Crippen LogP contribution in [0.2, 0.25) is 0 Å². The third-order valence-corrected chi connectivity index (χ3v) is 1.87. The first kappa shape index (κ1) is 9.04. The predicted octanol–water partition coefficient (Wildman–Crippen LogP) is 2.22. The van der Waals surface area contributed by atoms with Crippen molar-refractivity contribution in [1.82, 2.24) is 0 Å². The maximum absolute atomic E-state index is 11.0. The summed E-state index contributed by atoms with van der Waals surface area (Å²) in [6.45, 7) is 2.12. The van der Waals surface area contributed by atoms with Crippen LogP contribution in [0.5, 0.6) is 0 Å². The van der Waals surface area contributed by atoms with Gasteiger partial charge in [0.05, 0.1) is 7.11 Å². The number of ketones is 1. The first-order chi connectivity index (χ1) is 5.77. The van der Waals surface area contributed by atoms with Gasteiger partial charge in [0.15, 0.2) is 5.78 Å². The van der Waals surface area contributed by atoms with Crippen LogP contribution >= 0.6 is 0 Å². The zero-order valence-electron chi connectivity index (χ0n) is 7.59. The van der Waals surface area contributed by atoms with Gasteiger partial charge in [0, 0.05) is 12.5 Å². The Morgan fingerprint density at radius 2 is 2.42 bits per heavy atom. The number of rotatable bonds is 3. The molecule has 1 rings (SSSR count). The molecular weight excluding hydrogens is 152 g/mol. The number of methoxy groups -OCH3 is 1. The van der Waals surface area contributed by atoms with Crippen LogP contribution in [0.25, 0.3) is 0 Å². The standard InChI is InChI=1S/C10H14O2/c1-3-4-5-8-6-9(11)7-10(8)12-2/h5,7H,3-4,6H2,1-2H3/b8-5+. The summed E-state index contributed by atoms with van der Waals surface area (Å²) in [4.78, 5) is 11.0. The maximum Gasteiger partial charge on any atom is 0.163 e. The van der Waals surface area contributed by atoms with Gasteiger partial charge in [0.25, 0.3) is 0 Å². The molecule has 0 heterocycles. The molecule has 0 fully saturated rings. The van der Waals surface area contributed by atoms with Crippen molar-refractivity contribution in [2.45, 2.75) is 26.2 Å². The lowest BCUT2D eigenvalue weighted by atomic mass is 10.1. The summed E-state index contributed by atoms with van der Waals surface area (Å²) in [5, 5.41) is 0. The van der Waals surface area contributed by atoms with Crippen molar-refractivity contribution < 1.29 is 9.53 Å². The molecular formula is C10H14O2. The van der Waals surface area contributed by atoms with E-state index in [0.717, 1.165) is 24.2 Å². The molecule has 0 aromatic heterocycles. The van der Waals surface area contributed by atoms with Gasteiger partial charge in [-0.1, -0.05) is 19.4 Å². The lowest BCUT2D eigenvalue weighted by molar-refractivity contribution is -0.113. The summed E-state index contributed by atoms with van der Waals surface area (Å²) in [7, 11) is 1.60. The van der Waals surface area contributed by atoms with Crippen LogP contribution in [-0.2, 0) is 9.53 Å². The first-order valence-electron chi connectivity index (χ1n) is 4.25. The topological polar surface area (TPSA) is 26.3 Å². The number of hydrogen-bond acceptors (Lipinski definition) is 2. The highest BCUT2D eigenvalue weighted by Gasteiger charge is 2.17. The van der Waals surface area contributed by atoms with E-state index < -0.39 is 0 Å². The second kappa shape index (κ2) is 4.10. The molecule has 0 saturated heterocycles. The van der Waals surface area contributed by atoms with Crippen LogP contribution in [0, 0.1) is 0 Å². The largest absolute Gasteiger partial charge is 0.496 e. The summed E-state index contributed by atoms with van der Waals surface area (Å²) < 4.78 is 5.06. The summed E-state index contributed by atoms with van der Waals surface area (Å²) in [6, 6.07) is 0. The van der Waals surface area contributed by atoms with Gasteiger partial charge in [-0.25, -0.2) is 0 Å². The molecule has 0 spiro atoms. The third kappa shape index (κ3) is 1.97. The predicted molar refractivity (Wildman–Crippen MR) is 47.7 cm³/mol. The molecule has 0 saturated carbocycles. The zero-order valence-corrected chi connectivity index (χ0v) is 7.59. The van der Waals surface area contributed by atoms with Gasteiger partial charge in [-0.15, -0.1) is 0 Å². The number of allylic oxidation sites excluding steroid dienone is 3. The molecule has 0 bridgehead atoms. The van der Waals surface area contributed by atoms with E-state index in [9.17, 15) is 4.79 Å². The molecule has 0 radical (unpaired) electrons. The quantitative estimate of drug-likeness (QED) is 0.642. The SMILES string of the molecule is CCC/C=C1\CC(=O)C=C1OC. The van der Waals surface area contributed by atoms with Crippen molar-refractivity contribution in [3.05, 3.63) is 23.5 Å². The molecule has 66 valence electrons. The molecule has 0 amide bonds. The number of carbonyl (C=O) groups is 1. The number of unbranched alkanes of at least 4 members (excludes halogenated alkanes) is 1. The van der Waals surface area contributed by atoms with Gasteiger partial charge in [0.2, 0.25) is 0 Å². The summed E-state index contributed by atoms with van der Waals surface area (Å²) in [5.74, 6) is 0.891. The van der Waals surface area contributed by atoms with Gasteiger partial charge < -0.3 is 4.74 Å². The zero-order chi connectivity index (χ0) is 8.97. The Balaban J connectivity index is 2.68. The Kier molecular flexibility index (Phi) is 3.09. The first-order valence-corrected chi connectivity index (χ1v) is 4.25. The van der Waals surface area contributed by atoms with Crippen molar-refractivity contribution in [1.29, 1.82) is 0 Å². The molecule has 0 aliphatic heterocycles. The van der Waals surface area contributed by atoms with Crippen LogP contribution in [-0.4, -0.2) is 12.9 Å². The fraction of sp³-hybridized carbons (Fsp3) is 0.500. The van der Waals surface area contributed by atoms with Crippen LogP contribution < -0.4 is 0 Å². The van der Waals surface area contributed by atoms with Gasteiger partial charge in [-0.05, 0) is 12.0 Å². The smallest absolute Gasteiger partial charge is 0.163 e. The van der Waals surface area contributed by atoms with Gasteiger partial charge in [-0.2, -0.15) is 0 Å². The average molecular weight is 166 g/mol. The second-order valence-corrected chi connectivity index (χ2v) is 2.87. The molecule has 12 heavy (non-hydrogen) atoms. The molecule has 2 nitrogen and oxygen atoms in total. The van der Waals surface area contributed by atoms with E-state index in [0.29, 0.717) is 6.42 Å². The van der Waals surface area contributed by atoms with Gasteiger partial charge in [0.1, 0.15) is 5.76 Å². The van der Waals surface area contributed by atoms with Crippen molar-refractivity contribution in [3.8, 4) is 0 Å². The minimum atomic E-state index is 0.147. The third-order valence-electron chi connectivity index (χ3n) is 1.87. The minimum absolute atomic E-state index is 0.147. The summed E-state index contributed by atoms with van der Waals surface area (Å²) >= 11 is 0. The van der Waals surface area contributed by atoms with Gasteiger partial charge in [-0.3, -0.25) is 4.79 Å². The Labute approximate surface area is 72.9 Å². The van der Waals surface area contributed by atoms with E-state index in [1.54, 1.807) is 13.2 Å². The highest BCUT2D eigenvalue weighted by molar-refractivity contribution is 5.96. The summed E-state index contributed by atoms with van der Waals surface area (Å²) in [6.07, 6.45) is 6.29. The number of hydrogen-bond donors (Lipinski definition) is 0. The van der Waals surface area contributed by atoms with Crippen LogP contribution in [0.3, 0.4) is 0 Å². The van der Waals surface area contributed by atoms with Crippen molar-refractivity contribution in [2.24, 2.45) is 0 Å². The van der Waals surface area contributed by atoms with E-state index in [-0.39, 0.29) is 5.78 Å². The van der Waals surface area contributed by atoms with E-state index in [1.807, 2.05) is 0 Å². The van der Waals surface area contributed by atoms with Crippen LogP contribution in [0.4, 0.5) is 0 Å².